The summed E-state index contributed by atoms with van der Waals surface area (Å²) in [4.78, 5) is 4.23. The predicted octanol–water partition coefficient (Wildman–Crippen LogP) is 4.16. The minimum absolute atomic E-state index is 0.488. The summed E-state index contributed by atoms with van der Waals surface area (Å²) in [5, 5.41) is 2.24. The van der Waals surface area contributed by atoms with Gasteiger partial charge in [-0.15, -0.1) is 0 Å². The normalized spacial score (nSPS) is 10.9. The van der Waals surface area contributed by atoms with Crippen LogP contribution in [0.4, 0.5) is 0 Å². The molecule has 0 saturated heterocycles. The third kappa shape index (κ3) is 1.47. The second-order valence-electron chi connectivity index (χ2n) is 3.35. The van der Waals surface area contributed by atoms with Crippen LogP contribution in [0.2, 0.25) is 10.2 Å². The van der Waals surface area contributed by atoms with E-state index in [1.54, 1.807) is 0 Å². The lowest BCUT2D eigenvalue weighted by Crippen LogP contribution is -1.87. The van der Waals surface area contributed by atoms with Crippen LogP contribution in [0.25, 0.3) is 10.9 Å². The Kier molecular flexibility index (Phi) is 2.38. The van der Waals surface area contributed by atoms with Gasteiger partial charge in [0.1, 0.15) is 5.15 Å². The van der Waals surface area contributed by atoms with Crippen LogP contribution in [0.5, 0.6) is 0 Å². The van der Waals surface area contributed by atoms with E-state index in [0.717, 1.165) is 22.0 Å². The Bertz CT molecular complexity index is 506. The lowest BCUT2D eigenvalue weighted by molar-refractivity contribution is 1.35. The highest BCUT2D eigenvalue weighted by Crippen LogP contribution is 2.28. The van der Waals surface area contributed by atoms with Crippen LogP contribution in [0.15, 0.2) is 18.2 Å². The van der Waals surface area contributed by atoms with Crippen LogP contribution >= 0.6 is 23.2 Å². The molecule has 1 heterocycles. The Morgan fingerprint density at radius 2 is 1.79 bits per heavy atom. The third-order valence-electron chi connectivity index (χ3n) is 2.29. The third-order valence-corrected chi connectivity index (χ3v) is 2.96. The molecule has 0 fully saturated rings. The molecule has 0 amide bonds. The summed E-state index contributed by atoms with van der Waals surface area (Å²) in [5.74, 6) is 0. The van der Waals surface area contributed by atoms with Crippen molar-refractivity contribution in [3.63, 3.8) is 0 Å². The van der Waals surface area contributed by atoms with Crippen LogP contribution in [0, 0.1) is 13.8 Å². The van der Waals surface area contributed by atoms with Crippen LogP contribution in [0.1, 0.15) is 11.1 Å². The summed E-state index contributed by atoms with van der Waals surface area (Å²) in [7, 11) is 0. The minimum Gasteiger partial charge on any atom is -0.235 e. The monoisotopic (exact) mass is 225 g/mol. The van der Waals surface area contributed by atoms with E-state index in [9.17, 15) is 0 Å². The van der Waals surface area contributed by atoms with Gasteiger partial charge in [-0.2, -0.15) is 0 Å². The quantitative estimate of drug-likeness (QED) is 0.614. The molecule has 0 atom stereocenters. The summed E-state index contributed by atoms with van der Waals surface area (Å²) < 4.78 is 0. The van der Waals surface area contributed by atoms with E-state index < -0.39 is 0 Å². The molecular formula is C11H9Cl2N. The Labute approximate surface area is 92.7 Å². The van der Waals surface area contributed by atoms with Gasteiger partial charge < -0.3 is 0 Å². The Morgan fingerprint density at radius 3 is 2.50 bits per heavy atom. The Balaban J connectivity index is 2.95. The van der Waals surface area contributed by atoms with E-state index in [2.05, 4.69) is 4.98 Å². The standard InChI is InChI=1S/C11H9Cl2N/c1-6-3-4-8-7(2)5-9(12)14-11(8)10(6)13/h3-5H,1-2H3. The molecule has 0 spiro atoms. The molecule has 1 nitrogen and oxygen atoms in total. The molecule has 0 aliphatic carbocycles. The highest BCUT2D eigenvalue weighted by atomic mass is 35.5. The second kappa shape index (κ2) is 3.41. The topological polar surface area (TPSA) is 12.9 Å². The van der Waals surface area contributed by atoms with Gasteiger partial charge in [0.2, 0.25) is 0 Å². The fourth-order valence-electron chi connectivity index (χ4n) is 1.49. The van der Waals surface area contributed by atoms with Gasteiger partial charge in [-0.05, 0) is 31.0 Å². The van der Waals surface area contributed by atoms with E-state index in [1.807, 2.05) is 32.0 Å². The number of benzene rings is 1. The van der Waals surface area contributed by atoms with Gasteiger partial charge >= 0.3 is 0 Å². The van der Waals surface area contributed by atoms with Crippen molar-refractivity contribution in [3.05, 3.63) is 39.5 Å². The molecule has 0 radical (unpaired) electrons. The fourth-order valence-corrected chi connectivity index (χ4v) is 1.94. The second-order valence-corrected chi connectivity index (χ2v) is 4.12. The van der Waals surface area contributed by atoms with Gasteiger partial charge in [0.25, 0.3) is 0 Å². The van der Waals surface area contributed by atoms with Gasteiger partial charge in [-0.1, -0.05) is 35.3 Å². The Morgan fingerprint density at radius 1 is 1.07 bits per heavy atom. The van der Waals surface area contributed by atoms with Crippen molar-refractivity contribution in [3.8, 4) is 0 Å². The first kappa shape index (κ1) is 9.75. The molecule has 0 bridgehead atoms. The SMILES string of the molecule is Cc1ccc2c(C)cc(Cl)nc2c1Cl. The molecule has 14 heavy (non-hydrogen) atoms. The molecule has 3 heteroatoms. The highest BCUT2D eigenvalue weighted by Gasteiger charge is 2.06. The number of fused-ring (bicyclic) bond motifs is 1. The maximum atomic E-state index is 6.15. The van der Waals surface area contributed by atoms with E-state index in [-0.39, 0.29) is 0 Å². The largest absolute Gasteiger partial charge is 0.235 e. The number of hydrogen-bond acceptors (Lipinski definition) is 1. The lowest BCUT2D eigenvalue weighted by Gasteiger charge is -2.06. The Hall–Kier alpha value is -0.790. The number of rotatable bonds is 0. The highest BCUT2D eigenvalue weighted by molar-refractivity contribution is 6.36. The van der Waals surface area contributed by atoms with Crippen LogP contribution < -0.4 is 0 Å². The van der Waals surface area contributed by atoms with Gasteiger partial charge in [0, 0.05) is 5.39 Å². The maximum absolute atomic E-state index is 6.15. The number of halogens is 2. The zero-order valence-electron chi connectivity index (χ0n) is 7.94. The summed E-state index contributed by atoms with van der Waals surface area (Å²) in [6, 6.07) is 5.86. The number of nitrogens with zero attached hydrogens (tertiary/aromatic N) is 1. The van der Waals surface area contributed by atoms with Gasteiger partial charge in [-0.3, -0.25) is 0 Å². The predicted molar refractivity (Wildman–Crippen MR) is 61.2 cm³/mol. The maximum Gasteiger partial charge on any atom is 0.130 e. The van der Waals surface area contributed by atoms with Crippen molar-refractivity contribution in [1.82, 2.24) is 4.98 Å². The van der Waals surface area contributed by atoms with Crippen molar-refractivity contribution in [2.24, 2.45) is 0 Å². The molecule has 0 aliphatic rings. The number of hydrogen-bond donors (Lipinski definition) is 0. The number of pyridine rings is 1. The average molecular weight is 226 g/mol. The van der Waals surface area contributed by atoms with E-state index in [1.165, 1.54) is 0 Å². The summed E-state index contributed by atoms with van der Waals surface area (Å²) in [6.07, 6.45) is 0. The molecule has 0 unspecified atom stereocenters. The fraction of sp³-hybridized carbons (Fsp3) is 0.182. The summed E-state index contributed by atoms with van der Waals surface area (Å²) in [6.45, 7) is 3.96. The molecule has 0 saturated carbocycles. The molecule has 2 rings (SSSR count). The van der Waals surface area contributed by atoms with Crippen LogP contribution in [-0.2, 0) is 0 Å². The van der Waals surface area contributed by atoms with Gasteiger partial charge in [-0.25, -0.2) is 4.98 Å². The van der Waals surface area contributed by atoms with Crippen molar-refractivity contribution in [2.45, 2.75) is 13.8 Å². The van der Waals surface area contributed by atoms with Gasteiger partial charge in [0.05, 0.1) is 10.5 Å². The molecule has 2 aromatic rings. The first-order valence-corrected chi connectivity index (χ1v) is 5.07. The first-order chi connectivity index (χ1) is 6.59. The van der Waals surface area contributed by atoms with E-state index in [0.29, 0.717) is 10.2 Å². The average Bonchev–Trinajstić information content (AvgIpc) is 2.12. The van der Waals surface area contributed by atoms with Crippen LogP contribution in [0.3, 0.4) is 0 Å². The molecule has 0 aliphatic heterocycles. The van der Waals surface area contributed by atoms with Crippen LogP contribution in [-0.4, -0.2) is 4.98 Å². The van der Waals surface area contributed by atoms with Crippen molar-refractivity contribution < 1.29 is 0 Å². The van der Waals surface area contributed by atoms with E-state index >= 15 is 0 Å². The first-order valence-electron chi connectivity index (χ1n) is 4.31. The molecule has 72 valence electrons. The smallest absolute Gasteiger partial charge is 0.130 e. The number of aromatic nitrogens is 1. The number of aryl methyl sites for hydroxylation is 2. The summed E-state index contributed by atoms with van der Waals surface area (Å²) >= 11 is 12.0. The van der Waals surface area contributed by atoms with Gasteiger partial charge in [0.15, 0.2) is 0 Å². The zero-order chi connectivity index (χ0) is 10.3. The van der Waals surface area contributed by atoms with Crippen molar-refractivity contribution in [2.75, 3.05) is 0 Å². The van der Waals surface area contributed by atoms with Crippen molar-refractivity contribution in [1.29, 1.82) is 0 Å². The van der Waals surface area contributed by atoms with Crippen molar-refractivity contribution >= 4 is 34.1 Å². The lowest BCUT2D eigenvalue weighted by atomic mass is 10.1. The molecule has 0 N–H and O–H groups in total. The molecule has 1 aromatic carbocycles. The zero-order valence-corrected chi connectivity index (χ0v) is 9.45. The molecular weight excluding hydrogens is 217 g/mol. The molecule has 1 aromatic heterocycles. The minimum atomic E-state index is 0.488. The van der Waals surface area contributed by atoms with E-state index in [4.69, 9.17) is 23.2 Å². The summed E-state index contributed by atoms with van der Waals surface area (Å²) in [5.41, 5.74) is 2.91.